The topological polar surface area (TPSA) is 64.3 Å². The summed E-state index contributed by atoms with van der Waals surface area (Å²) >= 11 is 0. The highest BCUT2D eigenvalue weighted by molar-refractivity contribution is 5.92. The van der Waals surface area contributed by atoms with E-state index in [1.807, 2.05) is 11.0 Å². The number of carbonyl (C=O) groups excluding carboxylic acids is 1. The van der Waals surface area contributed by atoms with E-state index in [2.05, 4.69) is 72.4 Å². The Morgan fingerprint density at radius 2 is 1.91 bits per heavy atom. The van der Waals surface area contributed by atoms with Gasteiger partial charge in [-0.25, -0.2) is 0 Å². The third-order valence-electron chi connectivity index (χ3n) is 7.06. The van der Waals surface area contributed by atoms with Crippen LogP contribution >= 0.6 is 0 Å². The Morgan fingerprint density at radius 1 is 1.12 bits per heavy atom. The van der Waals surface area contributed by atoms with Crippen LogP contribution in [0, 0.1) is 5.92 Å². The minimum Gasteiger partial charge on any atom is -0.385 e. The molecule has 0 saturated carbocycles. The molecule has 0 radical (unpaired) electrons. The van der Waals surface area contributed by atoms with E-state index in [9.17, 15) is 4.79 Å². The third kappa shape index (κ3) is 5.17. The summed E-state index contributed by atoms with van der Waals surface area (Å²) in [4.78, 5) is 18.4. The van der Waals surface area contributed by atoms with Gasteiger partial charge in [-0.15, -0.1) is 0 Å². The second kappa shape index (κ2) is 10.1. The van der Waals surface area contributed by atoms with Crippen molar-refractivity contribution in [2.75, 3.05) is 25.0 Å². The Morgan fingerprint density at radius 3 is 2.66 bits per heavy atom. The number of nitrogens with one attached hydrogen (secondary N) is 2. The van der Waals surface area contributed by atoms with Gasteiger partial charge in [0.05, 0.1) is 0 Å². The third-order valence-corrected chi connectivity index (χ3v) is 7.06. The average molecular weight is 438 g/mol. The largest absolute Gasteiger partial charge is 0.385 e. The molecule has 0 unspecified atom stereocenters. The number of rotatable bonds is 5. The number of H-pyrrole nitrogens is 1. The molecule has 4 rings (SSSR count). The van der Waals surface area contributed by atoms with E-state index in [-0.39, 0.29) is 5.91 Å². The molecule has 2 aliphatic rings. The van der Waals surface area contributed by atoms with Crippen molar-refractivity contribution in [2.24, 2.45) is 5.92 Å². The van der Waals surface area contributed by atoms with Crippen molar-refractivity contribution in [1.82, 2.24) is 20.0 Å². The SMILES string of the molecule is CC(C)CCN1[C@H]2CCNc3ccccc3CN(C(=O)c3cc(C(C)C)[nH]n3)C[C@@H]1CC2. The summed E-state index contributed by atoms with van der Waals surface area (Å²) in [7, 11) is 0. The van der Waals surface area contributed by atoms with E-state index >= 15 is 0 Å². The molecule has 0 spiro atoms. The van der Waals surface area contributed by atoms with E-state index in [0.717, 1.165) is 43.9 Å². The van der Waals surface area contributed by atoms with Gasteiger partial charge in [0.15, 0.2) is 0 Å². The molecule has 6 heteroatoms. The predicted molar refractivity (Wildman–Crippen MR) is 130 cm³/mol. The second-order valence-corrected chi connectivity index (χ2v) is 10.2. The molecule has 2 aromatic rings. The number of amides is 1. The molecule has 1 amide bonds. The molecular weight excluding hydrogens is 398 g/mol. The van der Waals surface area contributed by atoms with Crippen molar-refractivity contribution in [3.05, 3.63) is 47.3 Å². The minimum atomic E-state index is 0.0226. The fourth-order valence-corrected chi connectivity index (χ4v) is 5.08. The molecule has 2 N–H and O–H groups in total. The Bertz CT molecular complexity index is 905. The molecule has 174 valence electrons. The maximum atomic E-state index is 13.6. The van der Waals surface area contributed by atoms with Gasteiger partial charge in [-0.3, -0.25) is 14.8 Å². The first-order chi connectivity index (χ1) is 15.4. The summed E-state index contributed by atoms with van der Waals surface area (Å²) in [5.74, 6) is 1.03. The number of carbonyl (C=O) groups is 1. The molecule has 2 atom stereocenters. The molecule has 1 aromatic carbocycles. The Kier molecular flexibility index (Phi) is 7.19. The lowest BCUT2D eigenvalue weighted by molar-refractivity contribution is 0.0660. The summed E-state index contributed by atoms with van der Waals surface area (Å²) in [6, 6.07) is 11.3. The van der Waals surface area contributed by atoms with E-state index in [0.29, 0.717) is 36.2 Å². The molecule has 2 bridgehead atoms. The van der Waals surface area contributed by atoms with Crippen LogP contribution in [-0.2, 0) is 6.54 Å². The van der Waals surface area contributed by atoms with Gasteiger partial charge >= 0.3 is 0 Å². The van der Waals surface area contributed by atoms with E-state index in [1.165, 1.54) is 18.4 Å². The highest BCUT2D eigenvalue weighted by Gasteiger charge is 2.35. The van der Waals surface area contributed by atoms with Gasteiger partial charge in [0.1, 0.15) is 5.69 Å². The fraction of sp³-hybridized carbons (Fsp3) is 0.615. The number of hydrogen-bond acceptors (Lipinski definition) is 4. The zero-order chi connectivity index (χ0) is 22.7. The second-order valence-electron chi connectivity index (χ2n) is 10.2. The van der Waals surface area contributed by atoms with Crippen LogP contribution < -0.4 is 5.32 Å². The molecule has 0 aliphatic carbocycles. The lowest BCUT2D eigenvalue weighted by Crippen LogP contribution is -2.45. The van der Waals surface area contributed by atoms with Crippen LogP contribution in [-0.4, -0.2) is 57.6 Å². The van der Waals surface area contributed by atoms with Crippen molar-refractivity contribution in [3.8, 4) is 0 Å². The zero-order valence-electron chi connectivity index (χ0n) is 20.1. The van der Waals surface area contributed by atoms with Crippen LogP contribution in [0.3, 0.4) is 0 Å². The smallest absolute Gasteiger partial charge is 0.274 e. The number of aromatic amines is 1. The normalized spacial score (nSPS) is 22.0. The molecular formula is C26H39N5O. The van der Waals surface area contributed by atoms with Crippen molar-refractivity contribution in [3.63, 3.8) is 0 Å². The monoisotopic (exact) mass is 437 g/mol. The van der Waals surface area contributed by atoms with Crippen LogP contribution in [0.5, 0.6) is 0 Å². The fourth-order valence-electron chi connectivity index (χ4n) is 5.08. The first-order valence-electron chi connectivity index (χ1n) is 12.3. The lowest BCUT2D eigenvalue weighted by atomic mass is 10.1. The van der Waals surface area contributed by atoms with Gasteiger partial charge in [0.25, 0.3) is 5.91 Å². The van der Waals surface area contributed by atoms with Crippen molar-refractivity contribution >= 4 is 11.6 Å². The summed E-state index contributed by atoms with van der Waals surface area (Å²) in [5, 5.41) is 11.1. The summed E-state index contributed by atoms with van der Waals surface area (Å²) in [5.41, 5.74) is 3.85. The maximum Gasteiger partial charge on any atom is 0.274 e. The Balaban J connectivity index is 1.63. The van der Waals surface area contributed by atoms with Gasteiger partial charge in [-0.1, -0.05) is 45.9 Å². The Hall–Kier alpha value is -2.34. The molecule has 32 heavy (non-hydrogen) atoms. The minimum absolute atomic E-state index is 0.0226. The van der Waals surface area contributed by atoms with Gasteiger partial charge in [0, 0.05) is 43.1 Å². The summed E-state index contributed by atoms with van der Waals surface area (Å²) in [6.07, 6.45) is 4.72. The lowest BCUT2D eigenvalue weighted by Gasteiger charge is -2.34. The quantitative estimate of drug-likeness (QED) is 0.700. The molecule has 2 aliphatic heterocycles. The number of para-hydroxylation sites is 1. The van der Waals surface area contributed by atoms with Crippen molar-refractivity contribution < 1.29 is 4.79 Å². The number of hydrogen-bond donors (Lipinski definition) is 2. The van der Waals surface area contributed by atoms with E-state index < -0.39 is 0 Å². The summed E-state index contributed by atoms with van der Waals surface area (Å²) in [6.45, 7) is 12.3. The molecule has 6 nitrogen and oxygen atoms in total. The number of aromatic nitrogens is 2. The molecule has 3 heterocycles. The number of anilines is 1. The summed E-state index contributed by atoms with van der Waals surface area (Å²) < 4.78 is 0. The van der Waals surface area contributed by atoms with Crippen molar-refractivity contribution in [2.45, 2.75) is 77.9 Å². The molecule has 1 saturated heterocycles. The van der Waals surface area contributed by atoms with Gasteiger partial charge in [-0.2, -0.15) is 5.10 Å². The van der Waals surface area contributed by atoms with Gasteiger partial charge in [0.2, 0.25) is 0 Å². The zero-order valence-corrected chi connectivity index (χ0v) is 20.1. The van der Waals surface area contributed by atoms with Crippen LogP contribution in [0.2, 0.25) is 0 Å². The van der Waals surface area contributed by atoms with Crippen molar-refractivity contribution in [1.29, 1.82) is 0 Å². The first kappa shape index (κ1) is 22.8. The van der Waals surface area contributed by atoms with Gasteiger partial charge in [-0.05, 0) is 61.8 Å². The molecule has 1 aromatic heterocycles. The average Bonchev–Trinajstić information content (AvgIpc) is 3.39. The van der Waals surface area contributed by atoms with Gasteiger partial charge < -0.3 is 10.2 Å². The number of benzene rings is 1. The van der Waals surface area contributed by atoms with E-state index in [1.54, 1.807) is 0 Å². The maximum absolute atomic E-state index is 13.6. The van der Waals surface area contributed by atoms with Crippen LogP contribution in [0.15, 0.2) is 30.3 Å². The first-order valence-corrected chi connectivity index (χ1v) is 12.3. The molecule has 1 fully saturated rings. The Labute approximate surface area is 192 Å². The van der Waals surface area contributed by atoms with Crippen LogP contribution in [0.4, 0.5) is 5.69 Å². The highest BCUT2D eigenvalue weighted by atomic mass is 16.2. The predicted octanol–water partition coefficient (Wildman–Crippen LogP) is 4.87. The van der Waals surface area contributed by atoms with Crippen LogP contribution in [0.25, 0.3) is 0 Å². The van der Waals surface area contributed by atoms with E-state index in [4.69, 9.17) is 0 Å². The standard InChI is InChI=1S/C26H39N5O/c1-18(2)12-14-31-21-9-10-22(31)17-30(26(32)25-15-24(19(3)4)28-29-25)16-20-7-5-6-8-23(20)27-13-11-21/h5-8,15,18-19,21-22,27H,9-14,16-17H2,1-4H3,(H,28,29)/t21-,22+/m1/s1. The highest BCUT2D eigenvalue weighted by Crippen LogP contribution is 2.30. The number of nitrogens with zero attached hydrogens (tertiary/aromatic N) is 3. The van der Waals surface area contributed by atoms with Crippen LogP contribution in [0.1, 0.15) is 81.0 Å². The number of fused-ring (bicyclic) bond motifs is 3.